The average molecular weight is 607 g/mol. The second-order valence-electron chi connectivity index (χ2n) is 10.6. The van der Waals surface area contributed by atoms with E-state index in [1.807, 2.05) is 62.3 Å². The summed E-state index contributed by atoms with van der Waals surface area (Å²) in [5.41, 5.74) is 3.24. The van der Waals surface area contributed by atoms with Gasteiger partial charge in [-0.15, -0.1) is 20.4 Å². The topological polar surface area (TPSA) is 142 Å². The number of aromatic nitrogens is 6. The molecular formula is C28H34N10O2S2. The Morgan fingerprint density at radius 3 is 1.64 bits per heavy atom. The van der Waals surface area contributed by atoms with E-state index in [1.54, 1.807) is 12.4 Å². The number of nitrogens with zero attached hydrogens (tertiary/aromatic N) is 8. The highest BCUT2D eigenvalue weighted by Crippen LogP contribution is 2.43. The number of pyridine rings is 2. The fourth-order valence-corrected chi connectivity index (χ4v) is 6.93. The van der Waals surface area contributed by atoms with Crippen LogP contribution in [0.3, 0.4) is 0 Å². The largest absolute Gasteiger partial charge is 0.376 e. The van der Waals surface area contributed by atoms with Crippen molar-refractivity contribution in [3.63, 3.8) is 0 Å². The molecule has 2 amide bonds. The van der Waals surface area contributed by atoms with Gasteiger partial charge in [-0.05, 0) is 43.5 Å². The zero-order chi connectivity index (χ0) is 29.6. The lowest BCUT2D eigenvalue weighted by atomic mass is 9.82. The summed E-state index contributed by atoms with van der Waals surface area (Å²) in [6, 6.07) is 7.59. The first-order chi connectivity index (χ1) is 20.3. The lowest BCUT2D eigenvalue weighted by Gasteiger charge is -2.25. The van der Waals surface area contributed by atoms with E-state index >= 15 is 0 Å². The molecule has 4 heterocycles. The van der Waals surface area contributed by atoms with Gasteiger partial charge in [-0.3, -0.25) is 19.6 Å². The molecule has 1 aliphatic rings. The Hall–Kier alpha value is -4.04. The maximum Gasteiger partial charge on any atom is 0.232 e. The van der Waals surface area contributed by atoms with Crippen molar-refractivity contribution in [1.82, 2.24) is 30.4 Å². The summed E-state index contributed by atoms with van der Waals surface area (Å²) >= 11 is 2.84. The van der Waals surface area contributed by atoms with Crippen LogP contribution in [0.25, 0.3) is 0 Å². The zero-order valence-corrected chi connectivity index (χ0v) is 25.7. The Morgan fingerprint density at radius 1 is 0.762 bits per heavy atom. The van der Waals surface area contributed by atoms with E-state index in [4.69, 9.17) is 0 Å². The molecule has 1 saturated carbocycles. The molecule has 4 aromatic heterocycles. The highest BCUT2D eigenvalue weighted by molar-refractivity contribution is 7.15. The van der Waals surface area contributed by atoms with Crippen molar-refractivity contribution in [1.29, 1.82) is 0 Å². The van der Waals surface area contributed by atoms with Gasteiger partial charge in [0.1, 0.15) is 10.0 Å². The summed E-state index contributed by atoms with van der Waals surface area (Å²) < 4.78 is 0. The Morgan fingerprint density at radius 2 is 1.21 bits per heavy atom. The molecule has 4 aromatic rings. The lowest BCUT2D eigenvalue weighted by molar-refractivity contribution is -0.116. The number of hydrogen-bond donors (Lipinski definition) is 2. The van der Waals surface area contributed by atoms with Crippen molar-refractivity contribution in [2.24, 2.45) is 0 Å². The van der Waals surface area contributed by atoms with Crippen molar-refractivity contribution in [2.75, 3.05) is 48.6 Å². The third-order valence-electron chi connectivity index (χ3n) is 7.10. The molecule has 0 aromatic carbocycles. The normalized spacial score (nSPS) is 16.6. The zero-order valence-electron chi connectivity index (χ0n) is 24.1. The van der Waals surface area contributed by atoms with Crippen LogP contribution in [0.1, 0.15) is 58.9 Å². The molecule has 12 nitrogen and oxygen atoms in total. The molecule has 220 valence electrons. The van der Waals surface area contributed by atoms with E-state index in [9.17, 15) is 9.59 Å². The van der Waals surface area contributed by atoms with Crippen LogP contribution >= 0.6 is 22.7 Å². The van der Waals surface area contributed by atoms with Gasteiger partial charge >= 0.3 is 0 Å². The van der Waals surface area contributed by atoms with Gasteiger partial charge in [0, 0.05) is 52.4 Å². The first-order valence-electron chi connectivity index (χ1n) is 13.8. The molecule has 0 unspecified atom stereocenters. The summed E-state index contributed by atoms with van der Waals surface area (Å²) in [6.45, 7) is 0. The number of anilines is 4. The van der Waals surface area contributed by atoms with Crippen LogP contribution in [-0.4, -0.2) is 70.4 Å². The van der Waals surface area contributed by atoms with Gasteiger partial charge < -0.3 is 20.4 Å². The third kappa shape index (κ3) is 7.23. The number of carbonyl (C=O) groups is 2. The number of carbonyl (C=O) groups excluding carboxylic acids is 2. The summed E-state index contributed by atoms with van der Waals surface area (Å²) in [5, 5.41) is 25.9. The minimum atomic E-state index is -0.176. The number of rotatable bonds is 10. The summed E-state index contributed by atoms with van der Waals surface area (Å²) in [7, 11) is 7.71. The molecule has 5 rings (SSSR count). The van der Waals surface area contributed by atoms with E-state index in [1.165, 1.54) is 22.7 Å². The van der Waals surface area contributed by atoms with Gasteiger partial charge in [-0.2, -0.15) is 0 Å². The van der Waals surface area contributed by atoms with Gasteiger partial charge in [-0.25, -0.2) is 0 Å². The molecule has 2 atom stereocenters. The van der Waals surface area contributed by atoms with Crippen LogP contribution in [0, 0.1) is 0 Å². The fourth-order valence-electron chi connectivity index (χ4n) is 5.12. The van der Waals surface area contributed by atoms with Crippen molar-refractivity contribution >= 4 is 56.1 Å². The van der Waals surface area contributed by atoms with Crippen LogP contribution < -0.4 is 20.4 Å². The van der Waals surface area contributed by atoms with E-state index in [-0.39, 0.29) is 36.5 Å². The maximum absolute atomic E-state index is 12.7. The van der Waals surface area contributed by atoms with Crippen LogP contribution in [0.5, 0.6) is 0 Å². The second kappa shape index (κ2) is 13.3. The predicted molar refractivity (Wildman–Crippen MR) is 166 cm³/mol. The van der Waals surface area contributed by atoms with E-state index in [0.29, 0.717) is 21.7 Å². The third-order valence-corrected chi connectivity index (χ3v) is 9.10. The summed E-state index contributed by atoms with van der Waals surface area (Å²) in [5.74, 6) is 0.0908. The minimum Gasteiger partial charge on any atom is -0.376 e. The first kappa shape index (κ1) is 29.5. The quantitative estimate of drug-likeness (QED) is 0.271. The maximum atomic E-state index is 12.7. The molecule has 0 spiro atoms. The first-order valence-corrected chi connectivity index (χ1v) is 15.4. The summed E-state index contributed by atoms with van der Waals surface area (Å²) in [4.78, 5) is 38.1. The smallest absolute Gasteiger partial charge is 0.232 e. The van der Waals surface area contributed by atoms with Gasteiger partial charge in [0.25, 0.3) is 0 Å². The molecular weight excluding hydrogens is 573 g/mol. The van der Waals surface area contributed by atoms with Gasteiger partial charge in [0.15, 0.2) is 0 Å². The molecule has 0 saturated heterocycles. The molecule has 42 heavy (non-hydrogen) atoms. The SMILES string of the molecule is CN(C)c1cccnc1CC(=O)Nc1nnc([C@H]2CCC[C@H](c3nnc(NC(=O)Cc4ncccc4N(C)C)s3)C2)s1. The molecule has 1 fully saturated rings. The molecule has 2 N–H and O–H groups in total. The fraction of sp³-hybridized carbons (Fsp3) is 0.429. The highest BCUT2D eigenvalue weighted by atomic mass is 32.1. The van der Waals surface area contributed by atoms with E-state index in [2.05, 4.69) is 41.0 Å². The number of amides is 2. The van der Waals surface area contributed by atoms with Crippen molar-refractivity contribution in [3.8, 4) is 0 Å². The summed E-state index contributed by atoms with van der Waals surface area (Å²) in [6.07, 6.45) is 7.59. The number of nitrogens with one attached hydrogen (secondary N) is 2. The number of hydrogen-bond acceptors (Lipinski definition) is 12. The molecule has 14 heteroatoms. The van der Waals surface area contributed by atoms with Crippen LogP contribution in [0.15, 0.2) is 36.7 Å². The monoisotopic (exact) mass is 606 g/mol. The molecule has 0 bridgehead atoms. The Labute approximate surface area is 252 Å². The van der Waals surface area contributed by atoms with Crippen LogP contribution in [0.2, 0.25) is 0 Å². The lowest BCUT2D eigenvalue weighted by Crippen LogP contribution is -2.18. The van der Waals surface area contributed by atoms with Crippen LogP contribution in [0.4, 0.5) is 21.6 Å². The highest BCUT2D eigenvalue weighted by Gasteiger charge is 2.29. The molecule has 0 radical (unpaired) electrons. The standard InChI is InChI=1S/C28H34N10O2S2/c1-37(2)21-10-6-12-29-19(21)15-23(39)31-27-35-33-25(41-27)17-8-5-9-18(14-17)26-34-36-28(42-26)32-24(40)16-20-22(38(3)4)11-7-13-30-20/h6-7,10-13,17-18H,5,8-9,14-16H2,1-4H3,(H,31,35,39)(H,32,36,40)/t17-,18-/m0/s1. The van der Waals surface area contributed by atoms with Crippen molar-refractivity contribution in [3.05, 3.63) is 58.1 Å². The molecule has 1 aliphatic carbocycles. The van der Waals surface area contributed by atoms with Crippen LogP contribution in [-0.2, 0) is 22.4 Å². The predicted octanol–water partition coefficient (Wildman–Crippen LogP) is 4.12. The average Bonchev–Trinajstić information content (AvgIpc) is 3.63. The Balaban J connectivity index is 1.16. The van der Waals surface area contributed by atoms with Gasteiger partial charge in [-0.1, -0.05) is 29.1 Å². The second-order valence-corrected chi connectivity index (χ2v) is 12.6. The molecule has 0 aliphatic heterocycles. The van der Waals surface area contributed by atoms with E-state index < -0.39 is 0 Å². The van der Waals surface area contributed by atoms with Gasteiger partial charge in [0.2, 0.25) is 22.1 Å². The Bertz CT molecular complexity index is 1420. The van der Waals surface area contributed by atoms with E-state index in [0.717, 1.165) is 47.1 Å². The Kier molecular flexibility index (Phi) is 9.32. The van der Waals surface area contributed by atoms with Crippen molar-refractivity contribution in [2.45, 2.75) is 50.4 Å². The van der Waals surface area contributed by atoms with Crippen molar-refractivity contribution < 1.29 is 9.59 Å². The van der Waals surface area contributed by atoms with Gasteiger partial charge in [0.05, 0.1) is 35.6 Å². The minimum absolute atomic E-state index is 0.156.